The standard InChI is InChI=1S/C51H33N3S/c1-3-14-34(15-4-1)35-28-30-36(31-29-35)38-18-11-20-40(32-38)49-52-50(54-51(53-49)46-24-8-7-22-42(46)37-16-5-2-6-17-37)41-21-12-19-39(33-41)43-25-13-26-45-44-23-9-10-27-47(44)55-48(43)45/h1-33H. The maximum absolute atomic E-state index is 5.22. The molecule has 2 heterocycles. The van der Waals surface area contributed by atoms with Crippen molar-refractivity contribution < 1.29 is 0 Å². The molecule has 2 aromatic heterocycles. The van der Waals surface area contributed by atoms with Gasteiger partial charge in [0.2, 0.25) is 0 Å². The molecule has 0 fully saturated rings. The third-order valence-corrected chi connectivity index (χ3v) is 11.4. The third kappa shape index (κ3) is 6.29. The van der Waals surface area contributed by atoms with Gasteiger partial charge in [0.25, 0.3) is 0 Å². The molecular weight excluding hydrogens is 687 g/mol. The summed E-state index contributed by atoms with van der Waals surface area (Å²) >= 11 is 1.84. The maximum atomic E-state index is 5.22. The van der Waals surface area contributed by atoms with Crippen LogP contribution < -0.4 is 0 Å². The van der Waals surface area contributed by atoms with Crippen molar-refractivity contribution in [2.45, 2.75) is 0 Å². The van der Waals surface area contributed by atoms with Crippen molar-refractivity contribution in [2.75, 3.05) is 0 Å². The zero-order valence-electron chi connectivity index (χ0n) is 29.8. The van der Waals surface area contributed by atoms with E-state index in [1.165, 1.54) is 36.9 Å². The fourth-order valence-electron chi connectivity index (χ4n) is 7.43. The van der Waals surface area contributed by atoms with Crippen LogP contribution in [0.5, 0.6) is 0 Å². The number of aromatic nitrogens is 3. The Morgan fingerprint density at radius 3 is 1.45 bits per heavy atom. The van der Waals surface area contributed by atoms with E-state index in [2.05, 4.69) is 188 Å². The molecule has 0 amide bonds. The smallest absolute Gasteiger partial charge is 0.164 e. The molecule has 0 saturated carbocycles. The molecule has 0 aliphatic heterocycles. The minimum Gasteiger partial charge on any atom is -0.208 e. The van der Waals surface area contributed by atoms with E-state index in [9.17, 15) is 0 Å². The molecule has 0 aliphatic rings. The number of thiophene rings is 1. The molecule has 8 aromatic carbocycles. The molecule has 55 heavy (non-hydrogen) atoms. The van der Waals surface area contributed by atoms with Gasteiger partial charge >= 0.3 is 0 Å². The highest BCUT2D eigenvalue weighted by atomic mass is 32.1. The van der Waals surface area contributed by atoms with Gasteiger partial charge in [-0.25, -0.2) is 15.0 Å². The van der Waals surface area contributed by atoms with Gasteiger partial charge in [-0.2, -0.15) is 0 Å². The Morgan fingerprint density at radius 1 is 0.273 bits per heavy atom. The molecule has 0 unspecified atom stereocenters. The van der Waals surface area contributed by atoms with Gasteiger partial charge in [-0.15, -0.1) is 11.3 Å². The Bertz CT molecular complexity index is 2970. The monoisotopic (exact) mass is 719 g/mol. The molecule has 0 N–H and O–H groups in total. The fraction of sp³-hybridized carbons (Fsp3) is 0. The number of hydrogen-bond acceptors (Lipinski definition) is 4. The second-order valence-corrected chi connectivity index (χ2v) is 14.7. The normalized spacial score (nSPS) is 11.3. The first-order chi connectivity index (χ1) is 27.2. The number of nitrogens with zero attached hydrogens (tertiary/aromatic N) is 3. The van der Waals surface area contributed by atoms with E-state index in [1.54, 1.807) is 0 Å². The number of fused-ring (bicyclic) bond motifs is 3. The van der Waals surface area contributed by atoms with Gasteiger partial charge < -0.3 is 0 Å². The van der Waals surface area contributed by atoms with Gasteiger partial charge in [0.1, 0.15) is 0 Å². The van der Waals surface area contributed by atoms with E-state index < -0.39 is 0 Å². The second kappa shape index (κ2) is 14.1. The summed E-state index contributed by atoms with van der Waals surface area (Å²) in [7, 11) is 0. The molecule has 3 nitrogen and oxygen atoms in total. The third-order valence-electron chi connectivity index (χ3n) is 10.2. The SMILES string of the molecule is c1ccc(-c2ccc(-c3cccc(-c4nc(-c5cccc(-c6cccc7c6sc6ccccc67)c5)nc(-c5ccccc5-c5ccccc5)n4)c3)cc2)cc1. The number of rotatable bonds is 7. The average molecular weight is 720 g/mol. The second-order valence-electron chi connectivity index (χ2n) is 13.6. The predicted octanol–water partition coefficient (Wildman–Crippen LogP) is 13.9. The molecule has 258 valence electrons. The van der Waals surface area contributed by atoms with Gasteiger partial charge in [0.05, 0.1) is 0 Å². The quantitative estimate of drug-likeness (QED) is 0.165. The van der Waals surface area contributed by atoms with Crippen molar-refractivity contribution in [3.63, 3.8) is 0 Å². The first kappa shape index (κ1) is 32.6. The van der Waals surface area contributed by atoms with E-state index in [1.807, 2.05) is 23.5 Å². The van der Waals surface area contributed by atoms with Crippen molar-refractivity contribution in [2.24, 2.45) is 0 Å². The Kier molecular flexibility index (Phi) is 8.36. The van der Waals surface area contributed by atoms with Crippen LogP contribution in [0.1, 0.15) is 0 Å². The summed E-state index contributed by atoms with van der Waals surface area (Å²) in [6.45, 7) is 0. The minimum atomic E-state index is 0.627. The van der Waals surface area contributed by atoms with E-state index in [0.29, 0.717) is 17.5 Å². The van der Waals surface area contributed by atoms with Crippen LogP contribution in [-0.2, 0) is 0 Å². The maximum Gasteiger partial charge on any atom is 0.164 e. The summed E-state index contributed by atoms with van der Waals surface area (Å²) in [5, 5.41) is 2.57. The zero-order chi connectivity index (χ0) is 36.6. The molecule has 0 radical (unpaired) electrons. The molecule has 4 heteroatoms. The van der Waals surface area contributed by atoms with Crippen molar-refractivity contribution in [1.29, 1.82) is 0 Å². The van der Waals surface area contributed by atoms with Gasteiger partial charge in [0, 0.05) is 36.9 Å². The highest BCUT2D eigenvalue weighted by Crippen LogP contribution is 2.41. The van der Waals surface area contributed by atoms with E-state index in [-0.39, 0.29) is 0 Å². The van der Waals surface area contributed by atoms with Crippen molar-refractivity contribution in [1.82, 2.24) is 15.0 Å². The Hall–Kier alpha value is -7.01. The molecule has 0 spiro atoms. The van der Waals surface area contributed by atoms with Crippen LogP contribution in [0.3, 0.4) is 0 Å². The molecule has 0 aliphatic carbocycles. The Labute approximate surface area is 323 Å². The number of benzene rings is 8. The van der Waals surface area contributed by atoms with Crippen molar-refractivity contribution in [3.8, 4) is 78.7 Å². The topological polar surface area (TPSA) is 38.7 Å². The van der Waals surface area contributed by atoms with Gasteiger partial charge in [-0.05, 0) is 62.7 Å². The summed E-state index contributed by atoms with van der Waals surface area (Å²) in [6, 6.07) is 70.4. The summed E-state index contributed by atoms with van der Waals surface area (Å²) in [5.74, 6) is 1.89. The lowest BCUT2D eigenvalue weighted by atomic mass is 9.98. The van der Waals surface area contributed by atoms with Crippen LogP contribution in [0.25, 0.3) is 98.8 Å². The zero-order valence-corrected chi connectivity index (χ0v) is 30.6. The first-order valence-electron chi connectivity index (χ1n) is 18.4. The lowest BCUT2D eigenvalue weighted by Gasteiger charge is -2.13. The molecule has 0 bridgehead atoms. The summed E-state index contributed by atoms with van der Waals surface area (Å²) in [4.78, 5) is 15.6. The van der Waals surface area contributed by atoms with Gasteiger partial charge in [-0.3, -0.25) is 0 Å². The van der Waals surface area contributed by atoms with Crippen LogP contribution >= 0.6 is 11.3 Å². The van der Waals surface area contributed by atoms with Crippen molar-refractivity contribution >= 4 is 31.5 Å². The van der Waals surface area contributed by atoms with E-state index in [4.69, 9.17) is 15.0 Å². The lowest BCUT2D eigenvalue weighted by molar-refractivity contribution is 1.07. The summed E-state index contributed by atoms with van der Waals surface area (Å²) < 4.78 is 2.57. The van der Waals surface area contributed by atoms with E-state index >= 15 is 0 Å². The van der Waals surface area contributed by atoms with Crippen LogP contribution in [0.4, 0.5) is 0 Å². The van der Waals surface area contributed by atoms with Crippen LogP contribution in [0.15, 0.2) is 200 Å². The summed E-state index contributed by atoms with van der Waals surface area (Å²) in [6.07, 6.45) is 0. The fourth-order valence-corrected chi connectivity index (χ4v) is 8.66. The molecule has 10 rings (SSSR count). The van der Waals surface area contributed by atoms with E-state index in [0.717, 1.165) is 44.5 Å². The molecule has 0 saturated heterocycles. The highest BCUT2D eigenvalue weighted by molar-refractivity contribution is 7.26. The van der Waals surface area contributed by atoms with Crippen LogP contribution in [-0.4, -0.2) is 15.0 Å². The Balaban J connectivity index is 1.11. The molecule has 0 atom stereocenters. The van der Waals surface area contributed by atoms with Crippen molar-refractivity contribution in [3.05, 3.63) is 200 Å². The minimum absolute atomic E-state index is 0.627. The average Bonchev–Trinajstić information content (AvgIpc) is 3.66. The lowest BCUT2D eigenvalue weighted by Crippen LogP contribution is -2.01. The molecular formula is C51H33N3S. The summed E-state index contributed by atoms with van der Waals surface area (Å²) in [5.41, 5.74) is 12.0. The largest absolute Gasteiger partial charge is 0.208 e. The first-order valence-corrected chi connectivity index (χ1v) is 19.3. The van der Waals surface area contributed by atoms with Gasteiger partial charge in [0.15, 0.2) is 17.5 Å². The number of hydrogen-bond donors (Lipinski definition) is 0. The van der Waals surface area contributed by atoms with Gasteiger partial charge in [-0.1, -0.05) is 182 Å². The van der Waals surface area contributed by atoms with Crippen LogP contribution in [0, 0.1) is 0 Å². The Morgan fingerprint density at radius 2 is 0.727 bits per heavy atom. The van der Waals surface area contributed by atoms with Crippen LogP contribution in [0.2, 0.25) is 0 Å². The predicted molar refractivity (Wildman–Crippen MR) is 231 cm³/mol. The molecule has 10 aromatic rings. The highest BCUT2D eigenvalue weighted by Gasteiger charge is 2.17.